The molecule has 0 aliphatic carbocycles. The van der Waals surface area contributed by atoms with E-state index in [1.54, 1.807) is 19.1 Å². The molecule has 1 aromatic heterocycles. The number of aliphatic hydroxyl groups excluding tert-OH is 1. The third-order valence-electron chi connectivity index (χ3n) is 2.77. The lowest BCUT2D eigenvalue weighted by molar-refractivity contribution is 0.206. The fraction of sp³-hybridized carbons (Fsp3) is 0.583. The maximum atomic E-state index is 12.3. The Balaban J connectivity index is 3.19. The molecule has 0 unspecified atom stereocenters. The van der Waals surface area contributed by atoms with Crippen LogP contribution in [0.5, 0.6) is 5.88 Å². The van der Waals surface area contributed by atoms with Crippen LogP contribution in [-0.2, 0) is 14.8 Å². The van der Waals surface area contributed by atoms with Crippen molar-refractivity contribution >= 4 is 15.7 Å². The number of nitrogens with one attached hydrogen (secondary N) is 1. The number of hydrogen-bond acceptors (Lipinski definition) is 7. The number of anilines is 1. The van der Waals surface area contributed by atoms with Crippen LogP contribution in [0.4, 0.5) is 5.69 Å². The van der Waals surface area contributed by atoms with Crippen molar-refractivity contribution in [1.29, 1.82) is 0 Å². The number of hydrogen-bond donors (Lipinski definition) is 2. The molecular formula is C12H21N3O5S. The Bertz CT molecular complexity index is 550. The summed E-state index contributed by atoms with van der Waals surface area (Å²) in [5, 5.41) is 8.78. The van der Waals surface area contributed by atoms with Gasteiger partial charge in [-0.05, 0) is 0 Å². The molecule has 0 saturated carbocycles. The van der Waals surface area contributed by atoms with Crippen molar-refractivity contribution < 1.29 is 23.0 Å². The third kappa shape index (κ3) is 4.81. The lowest BCUT2D eigenvalue weighted by Gasteiger charge is -2.22. The Morgan fingerprint density at radius 2 is 2.14 bits per heavy atom. The average Bonchev–Trinajstić information content (AvgIpc) is 2.50. The molecule has 8 nitrogen and oxygen atoms in total. The highest BCUT2D eigenvalue weighted by Crippen LogP contribution is 2.26. The molecule has 0 aliphatic rings. The summed E-state index contributed by atoms with van der Waals surface area (Å²) < 4.78 is 36.9. The fourth-order valence-electron chi connectivity index (χ4n) is 1.63. The van der Waals surface area contributed by atoms with Crippen molar-refractivity contribution in [3.05, 3.63) is 12.3 Å². The topological polar surface area (TPSA) is 101 Å². The monoisotopic (exact) mass is 319 g/mol. The molecule has 9 heteroatoms. The second-order valence-corrected chi connectivity index (χ2v) is 5.97. The molecule has 1 heterocycles. The highest BCUT2D eigenvalue weighted by molar-refractivity contribution is 7.89. The predicted octanol–water partition coefficient (Wildman–Crippen LogP) is -0.557. The Morgan fingerprint density at radius 3 is 2.71 bits per heavy atom. The molecule has 21 heavy (non-hydrogen) atoms. The molecule has 0 spiro atoms. The number of nitrogens with zero attached hydrogens (tertiary/aromatic N) is 2. The number of likely N-dealkylation sites (N-methyl/N-ethyl adjacent to an activating group) is 1. The fourth-order valence-corrected chi connectivity index (χ4v) is 2.89. The first-order chi connectivity index (χ1) is 9.96. The van der Waals surface area contributed by atoms with E-state index in [1.807, 2.05) is 0 Å². The van der Waals surface area contributed by atoms with E-state index in [1.165, 1.54) is 19.4 Å². The summed E-state index contributed by atoms with van der Waals surface area (Å²) in [6.45, 7) is 0.615. The molecule has 0 bridgehead atoms. The minimum Gasteiger partial charge on any atom is -0.481 e. The van der Waals surface area contributed by atoms with Gasteiger partial charge in [-0.1, -0.05) is 0 Å². The van der Waals surface area contributed by atoms with Crippen LogP contribution >= 0.6 is 0 Å². The van der Waals surface area contributed by atoms with Gasteiger partial charge < -0.3 is 19.5 Å². The first kappa shape index (κ1) is 17.6. The van der Waals surface area contributed by atoms with Crippen molar-refractivity contribution in [2.45, 2.75) is 4.90 Å². The number of sulfonamides is 1. The normalized spacial score (nSPS) is 11.4. The molecule has 0 aliphatic heterocycles. The van der Waals surface area contributed by atoms with E-state index in [0.29, 0.717) is 18.8 Å². The smallest absolute Gasteiger partial charge is 0.242 e. The summed E-state index contributed by atoms with van der Waals surface area (Å²) in [5.74, 6) is 0.197. The van der Waals surface area contributed by atoms with Gasteiger partial charge in [0.2, 0.25) is 15.9 Å². The minimum absolute atomic E-state index is 0.0430. The third-order valence-corrected chi connectivity index (χ3v) is 4.26. The number of pyridine rings is 1. The Kier molecular flexibility index (Phi) is 6.82. The van der Waals surface area contributed by atoms with Gasteiger partial charge in [0.05, 0.1) is 32.2 Å². The van der Waals surface area contributed by atoms with Gasteiger partial charge >= 0.3 is 0 Å². The molecule has 0 saturated heterocycles. The van der Waals surface area contributed by atoms with E-state index in [4.69, 9.17) is 14.6 Å². The van der Waals surface area contributed by atoms with Crippen molar-refractivity contribution in [3.8, 4) is 5.88 Å². The molecule has 2 N–H and O–H groups in total. The van der Waals surface area contributed by atoms with Gasteiger partial charge in [-0.15, -0.1) is 0 Å². The largest absolute Gasteiger partial charge is 0.481 e. The van der Waals surface area contributed by atoms with E-state index in [-0.39, 0.29) is 23.9 Å². The molecule has 0 radical (unpaired) electrons. The summed E-state index contributed by atoms with van der Waals surface area (Å²) in [5.41, 5.74) is 0.429. The highest BCUT2D eigenvalue weighted by Gasteiger charge is 2.22. The molecule has 1 rings (SSSR count). The van der Waals surface area contributed by atoms with Gasteiger partial charge in [0.15, 0.2) is 0 Å². The van der Waals surface area contributed by atoms with E-state index in [0.717, 1.165) is 0 Å². The second-order valence-electron chi connectivity index (χ2n) is 4.23. The van der Waals surface area contributed by atoms with Gasteiger partial charge in [-0.2, -0.15) is 0 Å². The average molecular weight is 319 g/mol. The molecule has 0 aromatic carbocycles. The summed E-state index contributed by atoms with van der Waals surface area (Å²) >= 11 is 0. The molecule has 120 valence electrons. The minimum atomic E-state index is -3.77. The molecule has 0 fully saturated rings. The van der Waals surface area contributed by atoms with Crippen molar-refractivity contribution in [1.82, 2.24) is 9.71 Å². The summed E-state index contributed by atoms with van der Waals surface area (Å²) in [6, 6.07) is 1.35. The summed E-state index contributed by atoms with van der Waals surface area (Å²) in [6.07, 6.45) is 1.43. The Labute approximate surface area is 124 Å². The summed E-state index contributed by atoms with van der Waals surface area (Å²) in [7, 11) is 0.956. The first-order valence-corrected chi connectivity index (χ1v) is 7.79. The maximum absolute atomic E-state index is 12.3. The zero-order valence-corrected chi connectivity index (χ0v) is 13.2. The van der Waals surface area contributed by atoms with Crippen LogP contribution in [-0.4, -0.2) is 66.1 Å². The molecular weight excluding hydrogens is 298 g/mol. The van der Waals surface area contributed by atoms with Gasteiger partial charge in [0.25, 0.3) is 0 Å². The molecule has 1 aromatic rings. The SMILES string of the molecule is COCCN(C)c1cnc(OC)cc1S(=O)(=O)NCCO. The van der Waals surface area contributed by atoms with Crippen LogP contribution in [0.3, 0.4) is 0 Å². The van der Waals surface area contributed by atoms with Gasteiger partial charge in [-0.3, -0.25) is 0 Å². The quantitative estimate of drug-likeness (QED) is 0.629. The second kappa shape index (κ2) is 8.13. The van der Waals surface area contributed by atoms with E-state index in [2.05, 4.69) is 9.71 Å². The maximum Gasteiger partial charge on any atom is 0.242 e. The zero-order chi connectivity index (χ0) is 15.9. The number of methoxy groups -OCH3 is 2. The predicted molar refractivity (Wildman–Crippen MR) is 78.2 cm³/mol. The van der Waals surface area contributed by atoms with Crippen molar-refractivity contribution in [2.75, 3.05) is 52.5 Å². The van der Waals surface area contributed by atoms with Crippen LogP contribution in [0.15, 0.2) is 17.2 Å². The first-order valence-electron chi connectivity index (χ1n) is 6.31. The van der Waals surface area contributed by atoms with Crippen LogP contribution in [0, 0.1) is 0 Å². The van der Waals surface area contributed by atoms with Crippen molar-refractivity contribution in [2.24, 2.45) is 0 Å². The standard InChI is InChI=1S/C12H21N3O5S/c1-15(5-7-19-2)10-9-13-12(20-3)8-11(10)21(17,18)14-4-6-16/h8-9,14,16H,4-7H2,1-3H3. The number of aromatic nitrogens is 1. The van der Waals surface area contributed by atoms with Gasteiger partial charge in [-0.25, -0.2) is 18.1 Å². The lowest BCUT2D eigenvalue weighted by Crippen LogP contribution is -2.30. The van der Waals surface area contributed by atoms with E-state index in [9.17, 15) is 8.42 Å². The van der Waals surface area contributed by atoms with Crippen LogP contribution < -0.4 is 14.4 Å². The Morgan fingerprint density at radius 1 is 1.43 bits per heavy atom. The van der Waals surface area contributed by atoms with Crippen LogP contribution in [0.2, 0.25) is 0 Å². The van der Waals surface area contributed by atoms with Crippen LogP contribution in [0.25, 0.3) is 0 Å². The van der Waals surface area contributed by atoms with E-state index >= 15 is 0 Å². The highest BCUT2D eigenvalue weighted by atomic mass is 32.2. The van der Waals surface area contributed by atoms with Crippen LogP contribution in [0.1, 0.15) is 0 Å². The number of rotatable bonds is 9. The van der Waals surface area contributed by atoms with Gasteiger partial charge in [0, 0.05) is 33.3 Å². The number of aliphatic hydroxyl groups is 1. The number of ether oxygens (including phenoxy) is 2. The lowest BCUT2D eigenvalue weighted by atomic mass is 10.3. The van der Waals surface area contributed by atoms with Gasteiger partial charge in [0.1, 0.15) is 4.90 Å². The molecule has 0 atom stereocenters. The van der Waals surface area contributed by atoms with Crippen molar-refractivity contribution in [3.63, 3.8) is 0 Å². The van der Waals surface area contributed by atoms with E-state index < -0.39 is 10.0 Å². The molecule has 0 amide bonds. The summed E-state index contributed by atoms with van der Waals surface area (Å²) in [4.78, 5) is 5.80. The Hall–Kier alpha value is -1.42. The zero-order valence-electron chi connectivity index (χ0n) is 12.4.